The molecule has 3 rings (SSSR count). The van der Waals surface area contributed by atoms with Gasteiger partial charge in [0.1, 0.15) is 5.82 Å². The predicted octanol–water partition coefficient (Wildman–Crippen LogP) is 3.20. The van der Waals surface area contributed by atoms with Gasteiger partial charge in [0.05, 0.1) is 5.60 Å². The SMILES string of the molecule is Cc1ccc(F)cc1CN1CC[C@@]2(CCCO2)CCC1=O. The summed E-state index contributed by atoms with van der Waals surface area (Å²) in [5.41, 5.74) is 1.84. The summed E-state index contributed by atoms with van der Waals surface area (Å²) in [4.78, 5) is 14.2. The highest BCUT2D eigenvalue weighted by Crippen LogP contribution is 2.36. The third kappa shape index (κ3) is 3.10. The van der Waals surface area contributed by atoms with Gasteiger partial charge in [0, 0.05) is 26.1 Å². The number of carbonyl (C=O) groups excluding carboxylic acids is 1. The summed E-state index contributed by atoms with van der Waals surface area (Å²) in [7, 11) is 0. The van der Waals surface area contributed by atoms with E-state index < -0.39 is 0 Å². The Bertz CT molecular complexity index is 538. The lowest BCUT2D eigenvalue weighted by Gasteiger charge is -2.27. The number of rotatable bonds is 2. The largest absolute Gasteiger partial charge is 0.375 e. The molecule has 4 heteroatoms. The molecule has 0 aliphatic carbocycles. The molecule has 2 aliphatic rings. The Kier molecular flexibility index (Phi) is 3.98. The maximum Gasteiger partial charge on any atom is 0.222 e. The smallest absolute Gasteiger partial charge is 0.222 e. The minimum Gasteiger partial charge on any atom is -0.375 e. The van der Waals surface area contributed by atoms with Crippen LogP contribution >= 0.6 is 0 Å². The van der Waals surface area contributed by atoms with Crippen molar-refractivity contribution in [3.8, 4) is 0 Å². The van der Waals surface area contributed by atoms with Gasteiger partial charge in [0.25, 0.3) is 0 Å². The summed E-state index contributed by atoms with van der Waals surface area (Å²) in [6, 6.07) is 4.77. The van der Waals surface area contributed by atoms with Crippen molar-refractivity contribution in [2.75, 3.05) is 13.2 Å². The molecule has 0 unspecified atom stereocenters. The highest BCUT2D eigenvalue weighted by atomic mass is 19.1. The van der Waals surface area contributed by atoms with Gasteiger partial charge < -0.3 is 9.64 Å². The zero-order valence-electron chi connectivity index (χ0n) is 12.5. The zero-order valence-corrected chi connectivity index (χ0v) is 12.5. The Hall–Kier alpha value is -1.42. The fraction of sp³-hybridized carbons (Fsp3) is 0.588. The van der Waals surface area contributed by atoms with Crippen molar-refractivity contribution in [1.29, 1.82) is 0 Å². The molecule has 114 valence electrons. The standard InChI is InChI=1S/C17H22FNO2/c1-13-3-4-15(18)11-14(13)12-19-9-8-17(6-2-10-21-17)7-5-16(19)20/h3-4,11H,2,5-10,12H2,1H3/t17-/m1/s1. The topological polar surface area (TPSA) is 29.5 Å². The number of halogens is 1. The highest BCUT2D eigenvalue weighted by molar-refractivity contribution is 5.76. The van der Waals surface area contributed by atoms with Crippen LogP contribution in [0.25, 0.3) is 0 Å². The molecule has 1 aromatic rings. The Balaban J connectivity index is 1.73. The number of amides is 1. The molecule has 2 heterocycles. The Morgan fingerprint density at radius 1 is 1.33 bits per heavy atom. The van der Waals surface area contributed by atoms with E-state index in [2.05, 4.69) is 0 Å². The third-order valence-electron chi connectivity index (χ3n) is 4.84. The van der Waals surface area contributed by atoms with Crippen molar-refractivity contribution in [2.45, 2.75) is 51.2 Å². The van der Waals surface area contributed by atoms with Gasteiger partial charge in [0.2, 0.25) is 5.91 Å². The number of ether oxygens (including phenoxy) is 1. The van der Waals surface area contributed by atoms with Gasteiger partial charge in [-0.05, 0) is 55.9 Å². The van der Waals surface area contributed by atoms with Crippen LogP contribution in [0, 0.1) is 12.7 Å². The first-order valence-electron chi connectivity index (χ1n) is 7.75. The normalized spacial score (nSPS) is 26.4. The quantitative estimate of drug-likeness (QED) is 0.837. The number of hydrogen-bond donors (Lipinski definition) is 0. The van der Waals surface area contributed by atoms with Crippen LogP contribution in [0.1, 0.15) is 43.2 Å². The van der Waals surface area contributed by atoms with Gasteiger partial charge >= 0.3 is 0 Å². The van der Waals surface area contributed by atoms with E-state index in [1.165, 1.54) is 12.1 Å². The van der Waals surface area contributed by atoms with Crippen molar-refractivity contribution >= 4 is 5.91 Å². The van der Waals surface area contributed by atoms with Crippen molar-refractivity contribution in [3.63, 3.8) is 0 Å². The summed E-state index contributed by atoms with van der Waals surface area (Å²) >= 11 is 0. The number of carbonyl (C=O) groups is 1. The lowest BCUT2D eigenvalue weighted by molar-refractivity contribution is -0.131. The van der Waals surface area contributed by atoms with Crippen molar-refractivity contribution in [3.05, 3.63) is 35.1 Å². The van der Waals surface area contributed by atoms with Crippen molar-refractivity contribution in [2.24, 2.45) is 0 Å². The molecule has 3 nitrogen and oxygen atoms in total. The van der Waals surface area contributed by atoms with E-state index >= 15 is 0 Å². The van der Waals surface area contributed by atoms with Crippen LogP contribution in [0.2, 0.25) is 0 Å². The second kappa shape index (κ2) is 5.76. The molecule has 1 atom stereocenters. The van der Waals surface area contributed by atoms with Crippen LogP contribution in [-0.2, 0) is 16.1 Å². The van der Waals surface area contributed by atoms with Crippen LogP contribution in [0.5, 0.6) is 0 Å². The van der Waals surface area contributed by atoms with E-state index in [-0.39, 0.29) is 17.3 Å². The number of hydrogen-bond acceptors (Lipinski definition) is 2. The average Bonchev–Trinajstić information content (AvgIpc) is 2.87. The molecule has 0 radical (unpaired) electrons. The molecule has 1 aromatic carbocycles. The fourth-order valence-corrected chi connectivity index (χ4v) is 3.41. The second-order valence-electron chi connectivity index (χ2n) is 6.27. The molecule has 1 amide bonds. The molecular weight excluding hydrogens is 269 g/mol. The molecular formula is C17H22FNO2. The summed E-state index contributed by atoms with van der Waals surface area (Å²) in [5, 5.41) is 0. The van der Waals surface area contributed by atoms with E-state index in [1.807, 2.05) is 11.8 Å². The van der Waals surface area contributed by atoms with Crippen molar-refractivity contribution in [1.82, 2.24) is 4.90 Å². The summed E-state index contributed by atoms with van der Waals surface area (Å²) in [6.45, 7) is 3.98. The van der Waals surface area contributed by atoms with Crippen LogP contribution in [0.3, 0.4) is 0 Å². The van der Waals surface area contributed by atoms with Gasteiger partial charge in [-0.25, -0.2) is 4.39 Å². The number of nitrogens with zero attached hydrogens (tertiary/aromatic N) is 1. The van der Waals surface area contributed by atoms with E-state index in [0.717, 1.165) is 43.4 Å². The molecule has 0 aromatic heterocycles. The van der Waals surface area contributed by atoms with E-state index in [0.29, 0.717) is 19.5 Å². The van der Waals surface area contributed by atoms with Crippen LogP contribution < -0.4 is 0 Å². The first kappa shape index (κ1) is 14.5. The molecule has 0 N–H and O–H groups in total. The molecule has 2 aliphatic heterocycles. The van der Waals surface area contributed by atoms with Gasteiger partial charge in [0.15, 0.2) is 0 Å². The van der Waals surface area contributed by atoms with Crippen LogP contribution in [0.4, 0.5) is 4.39 Å². The monoisotopic (exact) mass is 291 g/mol. The number of benzene rings is 1. The Morgan fingerprint density at radius 3 is 2.95 bits per heavy atom. The van der Waals surface area contributed by atoms with Crippen LogP contribution in [-0.4, -0.2) is 29.6 Å². The molecule has 0 bridgehead atoms. The van der Waals surface area contributed by atoms with E-state index in [1.54, 1.807) is 6.07 Å². The first-order chi connectivity index (χ1) is 10.1. The fourth-order valence-electron chi connectivity index (χ4n) is 3.41. The molecule has 21 heavy (non-hydrogen) atoms. The maximum atomic E-state index is 13.4. The molecule has 0 saturated carbocycles. The minimum atomic E-state index is -0.242. The minimum absolute atomic E-state index is 0.0820. The van der Waals surface area contributed by atoms with Gasteiger partial charge in [-0.1, -0.05) is 6.07 Å². The van der Waals surface area contributed by atoms with Gasteiger partial charge in [-0.2, -0.15) is 0 Å². The first-order valence-corrected chi connectivity index (χ1v) is 7.75. The summed E-state index contributed by atoms with van der Waals surface area (Å²) in [6.07, 6.45) is 4.41. The van der Waals surface area contributed by atoms with Crippen molar-refractivity contribution < 1.29 is 13.9 Å². The van der Waals surface area contributed by atoms with E-state index in [4.69, 9.17) is 4.74 Å². The summed E-state index contributed by atoms with van der Waals surface area (Å²) in [5.74, 6) is -0.0838. The third-order valence-corrected chi connectivity index (χ3v) is 4.84. The Labute approximate surface area is 125 Å². The van der Waals surface area contributed by atoms with Gasteiger partial charge in [-0.3, -0.25) is 4.79 Å². The maximum absolute atomic E-state index is 13.4. The Morgan fingerprint density at radius 2 is 2.19 bits per heavy atom. The average molecular weight is 291 g/mol. The number of aryl methyl sites for hydroxylation is 1. The zero-order chi connectivity index (χ0) is 14.9. The van der Waals surface area contributed by atoms with Crippen LogP contribution in [0.15, 0.2) is 18.2 Å². The lowest BCUT2D eigenvalue weighted by Crippen LogP contribution is -2.32. The number of likely N-dealkylation sites (tertiary alicyclic amines) is 1. The lowest BCUT2D eigenvalue weighted by atomic mass is 9.92. The van der Waals surface area contributed by atoms with E-state index in [9.17, 15) is 9.18 Å². The molecule has 2 fully saturated rings. The molecule has 1 spiro atoms. The summed E-state index contributed by atoms with van der Waals surface area (Å²) < 4.78 is 19.3. The highest BCUT2D eigenvalue weighted by Gasteiger charge is 2.38. The second-order valence-corrected chi connectivity index (χ2v) is 6.27. The molecule has 2 saturated heterocycles. The predicted molar refractivity (Wildman–Crippen MR) is 78.3 cm³/mol. The van der Waals surface area contributed by atoms with Gasteiger partial charge in [-0.15, -0.1) is 0 Å².